The molecule has 1 amide bonds. The van der Waals surface area contributed by atoms with Gasteiger partial charge in [0.2, 0.25) is 5.91 Å². The van der Waals surface area contributed by atoms with Crippen molar-refractivity contribution in [2.24, 2.45) is 17.8 Å². The second kappa shape index (κ2) is 6.23. The van der Waals surface area contributed by atoms with Crippen molar-refractivity contribution in [1.82, 2.24) is 4.90 Å². The number of nitrogens with zero attached hydrogens (tertiary/aromatic N) is 1. The fraction of sp³-hybridized carbons (Fsp3) is 0.450. The van der Waals surface area contributed by atoms with Crippen LogP contribution >= 0.6 is 0 Å². The van der Waals surface area contributed by atoms with Gasteiger partial charge >= 0.3 is 0 Å². The largest absolute Gasteiger partial charge is 0.467 e. The first-order valence-electron chi connectivity index (χ1n) is 8.64. The van der Waals surface area contributed by atoms with Crippen LogP contribution < -0.4 is 0 Å². The predicted octanol–water partition coefficient (Wildman–Crippen LogP) is 4.24. The van der Waals surface area contributed by atoms with E-state index in [1.807, 2.05) is 35.2 Å². The van der Waals surface area contributed by atoms with Crippen molar-refractivity contribution in [3.05, 3.63) is 60.1 Å². The minimum Gasteiger partial charge on any atom is -0.467 e. The van der Waals surface area contributed by atoms with E-state index in [-0.39, 0.29) is 5.92 Å². The lowest BCUT2D eigenvalue weighted by Crippen LogP contribution is -2.37. The minimum absolute atomic E-state index is 0.229. The fourth-order valence-electron chi connectivity index (χ4n) is 4.39. The maximum atomic E-state index is 13.2. The van der Waals surface area contributed by atoms with Gasteiger partial charge in [0.1, 0.15) is 5.76 Å². The molecule has 120 valence electrons. The van der Waals surface area contributed by atoms with Gasteiger partial charge in [-0.05, 0) is 48.8 Å². The Morgan fingerprint density at radius 3 is 2.57 bits per heavy atom. The SMILES string of the molecule is O=C(C1CC2CCC1C2)N(Cc1ccccc1)Cc1ccco1. The van der Waals surface area contributed by atoms with Gasteiger partial charge in [-0.3, -0.25) is 4.79 Å². The highest BCUT2D eigenvalue weighted by Crippen LogP contribution is 2.49. The third-order valence-electron chi connectivity index (χ3n) is 5.51. The van der Waals surface area contributed by atoms with E-state index >= 15 is 0 Å². The summed E-state index contributed by atoms with van der Waals surface area (Å²) >= 11 is 0. The molecule has 2 bridgehead atoms. The molecule has 3 unspecified atom stereocenters. The Hall–Kier alpha value is -2.03. The van der Waals surface area contributed by atoms with Crippen LogP contribution in [-0.2, 0) is 17.9 Å². The lowest BCUT2D eigenvalue weighted by molar-refractivity contribution is -0.138. The Morgan fingerprint density at radius 1 is 1.04 bits per heavy atom. The average Bonchev–Trinajstić information content (AvgIpc) is 3.32. The van der Waals surface area contributed by atoms with Crippen molar-refractivity contribution < 1.29 is 9.21 Å². The van der Waals surface area contributed by atoms with Crippen LogP contribution in [0.3, 0.4) is 0 Å². The molecule has 1 aromatic heterocycles. The molecule has 2 aliphatic carbocycles. The van der Waals surface area contributed by atoms with Gasteiger partial charge in [0.05, 0.1) is 12.8 Å². The summed E-state index contributed by atoms with van der Waals surface area (Å²) < 4.78 is 5.48. The number of fused-ring (bicyclic) bond motifs is 2. The van der Waals surface area contributed by atoms with Crippen LogP contribution in [0, 0.1) is 17.8 Å². The number of rotatable bonds is 5. The number of amides is 1. The molecule has 0 radical (unpaired) electrons. The van der Waals surface area contributed by atoms with E-state index in [9.17, 15) is 4.79 Å². The fourth-order valence-corrected chi connectivity index (χ4v) is 4.39. The Bertz CT molecular complexity index is 650. The number of benzene rings is 1. The number of hydrogen-bond acceptors (Lipinski definition) is 2. The van der Waals surface area contributed by atoms with Crippen molar-refractivity contribution >= 4 is 5.91 Å². The van der Waals surface area contributed by atoms with Gasteiger partial charge < -0.3 is 9.32 Å². The monoisotopic (exact) mass is 309 g/mol. The lowest BCUT2D eigenvalue weighted by Gasteiger charge is -2.29. The van der Waals surface area contributed by atoms with E-state index in [0.29, 0.717) is 24.9 Å². The van der Waals surface area contributed by atoms with Crippen LogP contribution in [0.5, 0.6) is 0 Å². The molecule has 2 aromatic rings. The molecule has 23 heavy (non-hydrogen) atoms. The first-order valence-corrected chi connectivity index (χ1v) is 8.64. The van der Waals surface area contributed by atoms with E-state index in [1.165, 1.54) is 24.8 Å². The Balaban J connectivity index is 1.53. The smallest absolute Gasteiger partial charge is 0.226 e. The normalized spacial score (nSPS) is 25.7. The van der Waals surface area contributed by atoms with Gasteiger partial charge in [0, 0.05) is 12.5 Å². The predicted molar refractivity (Wildman–Crippen MR) is 88.3 cm³/mol. The number of carbonyl (C=O) groups is 1. The van der Waals surface area contributed by atoms with Gasteiger partial charge in [-0.25, -0.2) is 0 Å². The quantitative estimate of drug-likeness (QED) is 0.827. The molecule has 0 aliphatic heterocycles. The Kier molecular flexibility index (Phi) is 3.94. The molecule has 4 rings (SSSR count). The van der Waals surface area contributed by atoms with Crippen molar-refractivity contribution in [2.45, 2.75) is 38.8 Å². The molecule has 0 spiro atoms. The molecule has 3 atom stereocenters. The van der Waals surface area contributed by atoms with Crippen LogP contribution in [-0.4, -0.2) is 10.8 Å². The molecule has 2 fully saturated rings. The molecule has 1 aromatic carbocycles. The Morgan fingerprint density at radius 2 is 1.91 bits per heavy atom. The summed E-state index contributed by atoms with van der Waals surface area (Å²) in [4.78, 5) is 15.1. The molecule has 2 aliphatic rings. The maximum absolute atomic E-state index is 13.2. The van der Waals surface area contributed by atoms with Crippen LogP contribution in [0.25, 0.3) is 0 Å². The first kappa shape index (κ1) is 14.6. The van der Waals surface area contributed by atoms with E-state index in [2.05, 4.69) is 12.1 Å². The van der Waals surface area contributed by atoms with Crippen molar-refractivity contribution in [1.29, 1.82) is 0 Å². The minimum atomic E-state index is 0.229. The zero-order chi connectivity index (χ0) is 15.6. The lowest BCUT2D eigenvalue weighted by atomic mass is 9.87. The molecule has 0 N–H and O–H groups in total. The van der Waals surface area contributed by atoms with Gasteiger partial charge in [-0.1, -0.05) is 36.8 Å². The summed E-state index contributed by atoms with van der Waals surface area (Å²) in [5.74, 6) is 2.81. The molecule has 3 nitrogen and oxygen atoms in total. The zero-order valence-electron chi connectivity index (χ0n) is 13.4. The average molecular weight is 309 g/mol. The van der Waals surface area contributed by atoms with E-state index < -0.39 is 0 Å². The molecule has 0 saturated heterocycles. The van der Waals surface area contributed by atoms with Crippen molar-refractivity contribution in [3.8, 4) is 0 Å². The van der Waals surface area contributed by atoms with Crippen molar-refractivity contribution in [2.75, 3.05) is 0 Å². The molecule has 2 saturated carbocycles. The van der Waals surface area contributed by atoms with Crippen LogP contribution in [0.4, 0.5) is 0 Å². The standard InChI is InChI=1S/C20H23NO2/c22-20(19-12-16-8-9-17(19)11-16)21(14-18-7-4-10-23-18)13-15-5-2-1-3-6-15/h1-7,10,16-17,19H,8-9,11-14H2. The highest BCUT2D eigenvalue weighted by molar-refractivity contribution is 5.79. The van der Waals surface area contributed by atoms with Gasteiger partial charge in [0.15, 0.2) is 0 Å². The molecule has 1 heterocycles. The number of furan rings is 1. The Labute approximate surface area is 137 Å². The van der Waals surface area contributed by atoms with E-state index in [0.717, 1.165) is 18.1 Å². The second-order valence-electron chi connectivity index (χ2n) is 7.04. The van der Waals surface area contributed by atoms with Crippen LogP contribution in [0.2, 0.25) is 0 Å². The molecule has 3 heteroatoms. The van der Waals surface area contributed by atoms with Gasteiger partial charge in [0.25, 0.3) is 0 Å². The highest BCUT2D eigenvalue weighted by Gasteiger charge is 2.44. The van der Waals surface area contributed by atoms with E-state index in [1.54, 1.807) is 6.26 Å². The van der Waals surface area contributed by atoms with Crippen LogP contribution in [0.15, 0.2) is 53.1 Å². The summed E-state index contributed by atoms with van der Waals surface area (Å²) in [6.07, 6.45) is 6.59. The first-order chi connectivity index (χ1) is 11.3. The van der Waals surface area contributed by atoms with Crippen LogP contribution in [0.1, 0.15) is 37.0 Å². The summed E-state index contributed by atoms with van der Waals surface area (Å²) in [5.41, 5.74) is 1.18. The third-order valence-corrected chi connectivity index (χ3v) is 5.51. The third kappa shape index (κ3) is 3.05. The summed E-state index contributed by atoms with van der Waals surface area (Å²) in [5, 5.41) is 0. The molecular formula is C20H23NO2. The van der Waals surface area contributed by atoms with Crippen molar-refractivity contribution in [3.63, 3.8) is 0 Å². The van der Waals surface area contributed by atoms with Gasteiger partial charge in [-0.2, -0.15) is 0 Å². The topological polar surface area (TPSA) is 33.5 Å². The molecular weight excluding hydrogens is 286 g/mol. The van der Waals surface area contributed by atoms with E-state index in [4.69, 9.17) is 4.42 Å². The summed E-state index contributed by atoms with van der Waals surface area (Å²) in [6.45, 7) is 1.23. The zero-order valence-corrected chi connectivity index (χ0v) is 13.4. The summed E-state index contributed by atoms with van der Waals surface area (Å²) in [6, 6.07) is 14.1. The number of hydrogen-bond donors (Lipinski definition) is 0. The highest BCUT2D eigenvalue weighted by atomic mass is 16.3. The summed E-state index contributed by atoms with van der Waals surface area (Å²) in [7, 11) is 0. The van der Waals surface area contributed by atoms with Gasteiger partial charge in [-0.15, -0.1) is 0 Å². The number of carbonyl (C=O) groups excluding carboxylic acids is 1. The maximum Gasteiger partial charge on any atom is 0.226 e. The second-order valence-corrected chi connectivity index (χ2v) is 7.04.